The van der Waals surface area contributed by atoms with Crippen LogP contribution in [0.25, 0.3) is 0 Å². The summed E-state index contributed by atoms with van der Waals surface area (Å²) in [5.41, 5.74) is 6.12. The van der Waals surface area contributed by atoms with Crippen molar-refractivity contribution in [1.82, 2.24) is 4.90 Å². The summed E-state index contributed by atoms with van der Waals surface area (Å²) < 4.78 is 57.2. The van der Waals surface area contributed by atoms with E-state index in [9.17, 15) is 31.9 Å². The minimum atomic E-state index is -4.72. The molecule has 0 bridgehead atoms. The number of rotatable bonds is 10. The predicted octanol–water partition coefficient (Wildman–Crippen LogP) is 2.63. The van der Waals surface area contributed by atoms with E-state index in [0.29, 0.717) is 16.7 Å². The first-order valence-electron chi connectivity index (χ1n) is 10.7. The average molecular weight is 473 g/mol. The van der Waals surface area contributed by atoms with Crippen molar-refractivity contribution in [3.8, 4) is 0 Å². The first kappa shape index (κ1) is 24.9. The number of benzene rings is 1. The lowest BCUT2D eigenvalue weighted by atomic mass is 9.89. The molecule has 33 heavy (non-hydrogen) atoms. The van der Waals surface area contributed by atoms with Crippen molar-refractivity contribution >= 4 is 23.5 Å². The lowest BCUT2D eigenvalue weighted by Gasteiger charge is -2.23. The number of carbonyl (C=O) groups excluding carboxylic acids is 3. The summed E-state index contributed by atoms with van der Waals surface area (Å²) in [6.45, 7) is -2.52. The molecule has 182 valence electrons. The second kappa shape index (κ2) is 10.1. The summed E-state index contributed by atoms with van der Waals surface area (Å²) in [5.74, 6) is -2.42. The van der Waals surface area contributed by atoms with Crippen molar-refractivity contribution in [2.24, 2.45) is 23.5 Å². The molecule has 1 atom stereocenters. The van der Waals surface area contributed by atoms with Gasteiger partial charge >= 0.3 is 12.1 Å². The molecule has 0 aliphatic heterocycles. The fourth-order valence-corrected chi connectivity index (χ4v) is 4.05. The third-order valence-corrected chi connectivity index (χ3v) is 5.97. The van der Waals surface area contributed by atoms with Gasteiger partial charge in [-0.05, 0) is 61.1 Å². The topological polar surface area (TPSA) is 102 Å². The highest BCUT2D eigenvalue weighted by Gasteiger charge is 2.46. The van der Waals surface area contributed by atoms with Gasteiger partial charge in [0.15, 0.2) is 0 Å². The first-order chi connectivity index (χ1) is 15.5. The number of methoxy groups -OCH3 is 1. The van der Waals surface area contributed by atoms with E-state index in [1.165, 1.54) is 12.1 Å². The highest BCUT2D eigenvalue weighted by Crippen LogP contribution is 2.50. The van der Waals surface area contributed by atoms with Gasteiger partial charge in [0.05, 0.1) is 25.3 Å². The molecule has 0 unspecified atom stereocenters. The van der Waals surface area contributed by atoms with Crippen LogP contribution >= 0.6 is 0 Å². The molecule has 7 nitrogen and oxygen atoms in total. The Bertz CT molecular complexity index is 888. The minimum Gasteiger partial charge on any atom is -0.468 e. The van der Waals surface area contributed by atoms with E-state index in [4.69, 9.17) is 5.73 Å². The van der Waals surface area contributed by atoms with Gasteiger partial charge in [-0.15, -0.1) is 0 Å². The molecule has 2 aliphatic carbocycles. The largest absolute Gasteiger partial charge is 0.468 e. The SMILES string of the molecule is COC(=O)CN(CC(F)(F)F)C(=O)Cc1ccc(NC(=O)[C@@H](N)C(C2CC2)C2CC2)c(F)c1. The third kappa shape index (κ3) is 7.15. The van der Waals surface area contributed by atoms with Gasteiger partial charge < -0.3 is 20.7 Å². The molecule has 0 radical (unpaired) electrons. The maximum absolute atomic E-state index is 14.6. The summed E-state index contributed by atoms with van der Waals surface area (Å²) in [5, 5.41) is 2.48. The van der Waals surface area contributed by atoms with E-state index in [-0.39, 0.29) is 17.2 Å². The molecule has 2 saturated carbocycles. The van der Waals surface area contributed by atoms with Crippen molar-refractivity contribution < 1.29 is 36.7 Å². The summed E-state index contributed by atoms with van der Waals surface area (Å²) in [4.78, 5) is 36.6. The number of hydrogen-bond acceptors (Lipinski definition) is 5. The first-order valence-corrected chi connectivity index (χ1v) is 10.7. The number of alkyl halides is 3. The molecule has 0 heterocycles. The smallest absolute Gasteiger partial charge is 0.406 e. The molecule has 0 spiro atoms. The number of esters is 1. The van der Waals surface area contributed by atoms with E-state index in [1.54, 1.807) is 0 Å². The van der Waals surface area contributed by atoms with Crippen molar-refractivity contribution in [1.29, 1.82) is 0 Å². The standard InChI is InChI=1S/C22H27F4N3O4/c1-33-18(31)10-29(11-22(24,25)26)17(30)9-12-2-7-16(15(23)8-12)28-21(32)20(27)19(13-3-4-13)14-5-6-14/h2,7-8,13-14,19-20H,3-6,9-11,27H2,1H3,(H,28,32)/t20-/m0/s1. The van der Waals surface area contributed by atoms with E-state index in [0.717, 1.165) is 38.9 Å². The van der Waals surface area contributed by atoms with Crippen LogP contribution in [0.5, 0.6) is 0 Å². The van der Waals surface area contributed by atoms with Crippen molar-refractivity contribution in [3.63, 3.8) is 0 Å². The number of nitrogens with zero attached hydrogens (tertiary/aromatic N) is 1. The number of amides is 2. The summed E-state index contributed by atoms with van der Waals surface area (Å²) in [7, 11) is 0.990. The molecule has 11 heteroatoms. The molecular formula is C22H27F4N3O4. The van der Waals surface area contributed by atoms with Crippen LogP contribution in [0.2, 0.25) is 0 Å². The molecule has 3 rings (SSSR count). The summed E-state index contributed by atoms with van der Waals surface area (Å²) in [6.07, 6.45) is -1.12. The highest BCUT2D eigenvalue weighted by molar-refractivity contribution is 5.95. The van der Waals surface area contributed by atoms with E-state index in [1.807, 2.05) is 0 Å². The Labute approximate surface area is 188 Å². The minimum absolute atomic E-state index is 0.0828. The van der Waals surface area contributed by atoms with Gasteiger partial charge in [-0.25, -0.2) is 4.39 Å². The Balaban J connectivity index is 1.63. The second-order valence-electron chi connectivity index (χ2n) is 8.70. The maximum atomic E-state index is 14.6. The van der Waals surface area contributed by atoms with Crippen LogP contribution in [-0.4, -0.2) is 55.1 Å². The zero-order chi connectivity index (χ0) is 24.3. The molecule has 1 aromatic carbocycles. The van der Waals surface area contributed by atoms with Crippen LogP contribution in [0.1, 0.15) is 31.2 Å². The lowest BCUT2D eigenvalue weighted by Crippen LogP contribution is -2.44. The fourth-order valence-electron chi connectivity index (χ4n) is 4.05. The quantitative estimate of drug-likeness (QED) is 0.402. The van der Waals surface area contributed by atoms with Crippen LogP contribution in [0.3, 0.4) is 0 Å². The van der Waals surface area contributed by atoms with Gasteiger partial charge in [-0.1, -0.05) is 6.07 Å². The average Bonchev–Trinajstić information content (AvgIpc) is 3.63. The molecule has 3 N–H and O–H groups in total. The Hall–Kier alpha value is -2.69. The number of ether oxygens (including phenoxy) is 1. The number of hydrogen-bond donors (Lipinski definition) is 2. The normalized spacial score (nSPS) is 16.9. The lowest BCUT2D eigenvalue weighted by molar-refractivity contribution is -0.166. The van der Waals surface area contributed by atoms with E-state index >= 15 is 0 Å². The van der Waals surface area contributed by atoms with Gasteiger partial charge in [-0.2, -0.15) is 13.2 Å². The van der Waals surface area contributed by atoms with Crippen molar-refractivity contribution in [2.45, 2.75) is 44.3 Å². The van der Waals surface area contributed by atoms with Gasteiger partial charge in [0.25, 0.3) is 0 Å². The van der Waals surface area contributed by atoms with Crippen LogP contribution in [0.15, 0.2) is 18.2 Å². The Morgan fingerprint density at radius 3 is 2.27 bits per heavy atom. The maximum Gasteiger partial charge on any atom is 0.406 e. The molecule has 0 aromatic heterocycles. The zero-order valence-electron chi connectivity index (χ0n) is 18.2. The van der Waals surface area contributed by atoms with Gasteiger partial charge in [0.1, 0.15) is 18.9 Å². The predicted molar refractivity (Wildman–Crippen MR) is 110 cm³/mol. The van der Waals surface area contributed by atoms with E-state index < -0.39 is 55.3 Å². The fraction of sp³-hybridized carbons (Fsp3) is 0.591. The van der Waals surface area contributed by atoms with Crippen LogP contribution < -0.4 is 11.1 Å². The van der Waals surface area contributed by atoms with Gasteiger partial charge in [0, 0.05) is 0 Å². The number of nitrogens with one attached hydrogen (secondary N) is 1. The van der Waals surface area contributed by atoms with Gasteiger partial charge in [-0.3, -0.25) is 14.4 Å². The highest BCUT2D eigenvalue weighted by atomic mass is 19.4. The number of halogens is 4. The second-order valence-corrected chi connectivity index (χ2v) is 8.70. The number of carbonyl (C=O) groups is 3. The third-order valence-electron chi connectivity index (χ3n) is 5.97. The van der Waals surface area contributed by atoms with E-state index in [2.05, 4.69) is 10.1 Å². The molecule has 2 amide bonds. The Morgan fingerprint density at radius 1 is 1.18 bits per heavy atom. The number of nitrogens with two attached hydrogens (primary N) is 1. The molecule has 1 aromatic rings. The monoisotopic (exact) mass is 473 g/mol. The molecule has 0 saturated heterocycles. The van der Waals surface area contributed by atoms with Crippen LogP contribution in [0.4, 0.5) is 23.2 Å². The van der Waals surface area contributed by atoms with Gasteiger partial charge in [0.2, 0.25) is 11.8 Å². The Kier molecular flexibility index (Phi) is 7.61. The molecular weight excluding hydrogens is 446 g/mol. The number of anilines is 1. The van der Waals surface area contributed by atoms with Crippen molar-refractivity contribution in [2.75, 3.05) is 25.5 Å². The van der Waals surface area contributed by atoms with Crippen molar-refractivity contribution in [3.05, 3.63) is 29.6 Å². The molecule has 2 fully saturated rings. The Morgan fingerprint density at radius 2 is 1.79 bits per heavy atom. The summed E-state index contributed by atoms with van der Waals surface area (Å²) in [6, 6.07) is 2.77. The van der Waals surface area contributed by atoms with Crippen LogP contribution in [-0.2, 0) is 25.5 Å². The van der Waals surface area contributed by atoms with Crippen LogP contribution in [0, 0.1) is 23.6 Å². The summed E-state index contributed by atoms with van der Waals surface area (Å²) >= 11 is 0. The molecule has 2 aliphatic rings. The zero-order valence-corrected chi connectivity index (χ0v) is 18.2.